The molecular weight excluding hydrogens is 297 g/mol. The minimum Gasteiger partial charge on any atom is -0.399 e. The van der Waals surface area contributed by atoms with Gasteiger partial charge in [0.05, 0.1) is 21.8 Å². The number of nitro benzene ring substituents is 1. The number of H-pyrrole nitrogens is 1. The van der Waals surface area contributed by atoms with Gasteiger partial charge in [0, 0.05) is 29.4 Å². The van der Waals surface area contributed by atoms with Crippen molar-refractivity contribution in [3.8, 4) is 11.3 Å². The normalized spacial score (nSPS) is 19.0. The molecular formula is C15H18BN3O4. The molecule has 0 amide bonds. The van der Waals surface area contributed by atoms with E-state index in [0.717, 1.165) is 5.46 Å². The van der Waals surface area contributed by atoms with Crippen molar-refractivity contribution in [3.05, 3.63) is 40.6 Å². The van der Waals surface area contributed by atoms with Crippen molar-refractivity contribution in [2.45, 2.75) is 38.9 Å². The molecule has 0 bridgehead atoms. The van der Waals surface area contributed by atoms with Gasteiger partial charge in [0.25, 0.3) is 5.69 Å². The van der Waals surface area contributed by atoms with E-state index in [1.165, 1.54) is 12.1 Å². The Morgan fingerprint density at radius 1 is 1.22 bits per heavy atom. The molecule has 2 aromatic rings. The first kappa shape index (κ1) is 15.7. The van der Waals surface area contributed by atoms with Crippen LogP contribution in [-0.2, 0) is 9.31 Å². The molecule has 0 atom stereocenters. The van der Waals surface area contributed by atoms with Crippen molar-refractivity contribution < 1.29 is 14.2 Å². The van der Waals surface area contributed by atoms with Gasteiger partial charge in [-0.3, -0.25) is 15.2 Å². The third-order valence-corrected chi connectivity index (χ3v) is 4.51. The quantitative estimate of drug-likeness (QED) is 0.533. The third kappa shape index (κ3) is 2.64. The minimum atomic E-state index is -0.576. The van der Waals surface area contributed by atoms with Crippen LogP contribution < -0.4 is 5.46 Å². The summed E-state index contributed by atoms with van der Waals surface area (Å²) in [7, 11) is -0.576. The molecule has 1 aliphatic rings. The topological polar surface area (TPSA) is 90.3 Å². The van der Waals surface area contributed by atoms with Gasteiger partial charge in [-0.1, -0.05) is 12.1 Å². The first-order valence-corrected chi connectivity index (χ1v) is 7.35. The number of hydrogen-bond acceptors (Lipinski definition) is 5. The monoisotopic (exact) mass is 315 g/mol. The van der Waals surface area contributed by atoms with E-state index in [9.17, 15) is 10.1 Å². The van der Waals surface area contributed by atoms with Gasteiger partial charge in [0.2, 0.25) is 0 Å². The summed E-state index contributed by atoms with van der Waals surface area (Å²) in [6.45, 7) is 7.89. The van der Waals surface area contributed by atoms with Gasteiger partial charge in [0.1, 0.15) is 0 Å². The van der Waals surface area contributed by atoms with E-state index in [1.807, 2.05) is 27.7 Å². The van der Waals surface area contributed by atoms with Gasteiger partial charge in [-0.15, -0.1) is 0 Å². The van der Waals surface area contributed by atoms with Gasteiger partial charge in [-0.25, -0.2) is 0 Å². The van der Waals surface area contributed by atoms with E-state index >= 15 is 0 Å². The lowest BCUT2D eigenvalue weighted by molar-refractivity contribution is -0.384. The van der Waals surface area contributed by atoms with E-state index in [2.05, 4.69) is 10.2 Å². The second kappa shape index (κ2) is 5.18. The average molecular weight is 315 g/mol. The molecule has 1 fully saturated rings. The van der Waals surface area contributed by atoms with E-state index in [4.69, 9.17) is 9.31 Å². The van der Waals surface area contributed by atoms with Crippen LogP contribution in [0.1, 0.15) is 27.7 Å². The van der Waals surface area contributed by atoms with Crippen LogP contribution in [0.5, 0.6) is 0 Å². The molecule has 1 aromatic carbocycles. The molecule has 1 aromatic heterocycles. The fourth-order valence-electron chi connectivity index (χ4n) is 2.45. The molecule has 0 saturated carbocycles. The highest BCUT2D eigenvalue weighted by molar-refractivity contribution is 6.63. The van der Waals surface area contributed by atoms with Crippen LogP contribution in [0.3, 0.4) is 0 Å². The van der Waals surface area contributed by atoms with Crippen molar-refractivity contribution in [2.75, 3.05) is 0 Å². The Morgan fingerprint density at radius 3 is 2.48 bits per heavy atom. The number of nitrogens with one attached hydrogen (secondary N) is 1. The molecule has 2 heterocycles. The van der Waals surface area contributed by atoms with Crippen LogP contribution >= 0.6 is 0 Å². The number of hydrogen-bond donors (Lipinski definition) is 1. The zero-order valence-electron chi connectivity index (χ0n) is 13.5. The highest BCUT2D eigenvalue weighted by Crippen LogP contribution is 2.37. The predicted molar refractivity (Wildman–Crippen MR) is 86.4 cm³/mol. The van der Waals surface area contributed by atoms with Gasteiger partial charge < -0.3 is 9.31 Å². The fourth-order valence-corrected chi connectivity index (χ4v) is 2.45. The molecule has 0 spiro atoms. The van der Waals surface area contributed by atoms with E-state index in [1.54, 1.807) is 18.3 Å². The van der Waals surface area contributed by atoms with E-state index in [0.29, 0.717) is 11.3 Å². The maximum absolute atomic E-state index is 11.0. The average Bonchev–Trinajstić information content (AvgIpc) is 3.02. The molecule has 0 unspecified atom stereocenters. The number of aromatic nitrogens is 2. The molecule has 0 radical (unpaired) electrons. The Labute approximate surface area is 134 Å². The molecule has 1 N–H and O–H groups in total. The summed E-state index contributed by atoms with van der Waals surface area (Å²) in [5.41, 5.74) is 1.05. The van der Waals surface area contributed by atoms with Crippen LogP contribution in [0.2, 0.25) is 0 Å². The number of nitrogens with zero attached hydrogens (tertiary/aromatic N) is 2. The number of aromatic amines is 1. The molecule has 1 aliphatic heterocycles. The summed E-state index contributed by atoms with van der Waals surface area (Å²) >= 11 is 0. The third-order valence-electron chi connectivity index (χ3n) is 4.51. The predicted octanol–water partition coefficient (Wildman–Crippen LogP) is 2.28. The van der Waals surface area contributed by atoms with E-state index in [-0.39, 0.29) is 5.69 Å². The zero-order chi connectivity index (χ0) is 16.8. The molecule has 8 heteroatoms. The number of rotatable bonds is 3. The highest BCUT2D eigenvalue weighted by atomic mass is 16.7. The molecule has 23 heavy (non-hydrogen) atoms. The van der Waals surface area contributed by atoms with Crippen molar-refractivity contribution >= 4 is 18.3 Å². The van der Waals surface area contributed by atoms with Gasteiger partial charge in [-0.2, -0.15) is 5.10 Å². The lowest BCUT2D eigenvalue weighted by Crippen LogP contribution is -2.41. The van der Waals surface area contributed by atoms with Crippen LogP contribution in [-0.4, -0.2) is 33.4 Å². The molecule has 0 aliphatic carbocycles. The summed E-state index contributed by atoms with van der Waals surface area (Å²) in [6, 6.07) is 6.35. The Bertz CT molecular complexity index is 741. The van der Waals surface area contributed by atoms with Crippen molar-refractivity contribution in [3.63, 3.8) is 0 Å². The molecule has 1 saturated heterocycles. The van der Waals surface area contributed by atoms with Gasteiger partial charge in [-0.05, 0) is 27.7 Å². The smallest absolute Gasteiger partial charge is 0.399 e. The first-order chi connectivity index (χ1) is 10.7. The van der Waals surface area contributed by atoms with Crippen molar-refractivity contribution in [1.29, 1.82) is 0 Å². The molecule has 3 rings (SSSR count). The maximum atomic E-state index is 11.0. The first-order valence-electron chi connectivity index (χ1n) is 7.35. The van der Waals surface area contributed by atoms with Gasteiger partial charge >= 0.3 is 7.12 Å². The Morgan fingerprint density at radius 2 is 1.87 bits per heavy atom. The summed E-state index contributed by atoms with van der Waals surface area (Å²) in [5.74, 6) is 0. The zero-order valence-corrected chi connectivity index (χ0v) is 13.5. The highest BCUT2D eigenvalue weighted by Gasteiger charge is 2.52. The number of nitro groups is 1. The Balaban J connectivity index is 1.98. The standard InChI is InChI=1S/C15H18BN3O4/c1-14(2)15(3,4)23-16(22-14)12-9-17-18-13(12)10-6-5-7-11(8-10)19(20)21/h5-9H,1-4H3,(H,17,18). The van der Waals surface area contributed by atoms with Crippen LogP contribution in [0.25, 0.3) is 11.3 Å². The minimum absolute atomic E-state index is 0.0189. The number of non-ortho nitro benzene ring substituents is 1. The van der Waals surface area contributed by atoms with E-state index < -0.39 is 23.2 Å². The number of benzene rings is 1. The molecule has 7 nitrogen and oxygen atoms in total. The van der Waals surface area contributed by atoms with Crippen molar-refractivity contribution in [2.24, 2.45) is 0 Å². The SMILES string of the molecule is CC1(C)OB(c2c[nH]nc2-c2cccc([N+](=O)[O-])c2)OC1(C)C. The van der Waals surface area contributed by atoms with Crippen LogP contribution in [0.15, 0.2) is 30.5 Å². The lowest BCUT2D eigenvalue weighted by atomic mass is 9.78. The summed E-state index contributed by atoms with van der Waals surface area (Å²) in [6.07, 6.45) is 1.70. The maximum Gasteiger partial charge on any atom is 0.498 e. The summed E-state index contributed by atoms with van der Waals surface area (Å²) in [5, 5.41) is 18.0. The van der Waals surface area contributed by atoms with Crippen molar-refractivity contribution in [1.82, 2.24) is 10.2 Å². The second-order valence-electron chi connectivity index (χ2n) is 6.58. The van der Waals surface area contributed by atoms with Crippen LogP contribution in [0.4, 0.5) is 5.69 Å². The Hall–Kier alpha value is -2.19. The molecule has 120 valence electrons. The van der Waals surface area contributed by atoms with Gasteiger partial charge in [0.15, 0.2) is 0 Å². The largest absolute Gasteiger partial charge is 0.498 e. The van der Waals surface area contributed by atoms with Crippen LogP contribution in [0, 0.1) is 10.1 Å². The summed E-state index contributed by atoms with van der Waals surface area (Å²) in [4.78, 5) is 10.5. The second-order valence-corrected chi connectivity index (χ2v) is 6.58. The Kier molecular flexibility index (Phi) is 3.53. The lowest BCUT2D eigenvalue weighted by Gasteiger charge is -2.32. The fraction of sp³-hybridized carbons (Fsp3) is 0.400. The summed E-state index contributed by atoms with van der Waals surface area (Å²) < 4.78 is 12.1.